The zero-order valence-electron chi connectivity index (χ0n) is 11.2. The first-order valence-corrected chi connectivity index (χ1v) is 6.32. The molecule has 0 spiro atoms. The van der Waals surface area contributed by atoms with Gasteiger partial charge < -0.3 is 19.3 Å². The number of nitrogens with zero attached hydrogens (tertiary/aromatic N) is 1. The Labute approximate surface area is 105 Å². The largest absolute Gasteiger partial charge is 0.394 e. The minimum atomic E-state index is 0.0912. The Hall–Kier alpha value is -0.200. The van der Waals surface area contributed by atoms with E-state index in [1.54, 1.807) is 7.11 Å². The molecule has 0 aromatic heterocycles. The van der Waals surface area contributed by atoms with Gasteiger partial charge in [-0.25, -0.2) is 0 Å². The van der Waals surface area contributed by atoms with Crippen molar-refractivity contribution in [2.75, 3.05) is 66.4 Å². The standard InChI is InChI=1S/C12H27NO4/c1-3-4-13(5-8-16-10-7-14)6-9-17-12-11-15-2/h14H,3-12H2,1-2H3. The molecule has 0 heterocycles. The lowest BCUT2D eigenvalue weighted by Crippen LogP contribution is -2.32. The van der Waals surface area contributed by atoms with Crippen LogP contribution in [-0.4, -0.2) is 76.4 Å². The van der Waals surface area contributed by atoms with E-state index in [1.807, 2.05) is 0 Å². The Morgan fingerprint density at radius 3 is 2.06 bits per heavy atom. The van der Waals surface area contributed by atoms with Crippen molar-refractivity contribution in [3.63, 3.8) is 0 Å². The third-order valence-corrected chi connectivity index (χ3v) is 2.31. The molecule has 0 aromatic carbocycles. The van der Waals surface area contributed by atoms with Crippen LogP contribution in [0.25, 0.3) is 0 Å². The summed E-state index contributed by atoms with van der Waals surface area (Å²) in [5.74, 6) is 0. The molecule has 0 amide bonds. The number of aliphatic hydroxyl groups is 1. The van der Waals surface area contributed by atoms with Gasteiger partial charge in [-0.3, -0.25) is 4.90 Å². The van der Waals surface area contributed by atoms with Gasteiger partial charge in [0.15, 0.2) is 0 Å². The number of ether oxygens (including phenoxy) is 3. The highest BCUT2D eigenvalue weighted by Crippen LogP contribution is 1.92. The normalized spacial score (nSPS) is 11.3. The van der Waals surface area contributed by atoms with Crippen LogP contribution in [0.2, 0.25) is 0 Å². The van der Waals surface area contributed by atoms with Crippen molar-refractivity contribution in [2.24, 2.45) is 0 Å². The van der Waals surface area contributed by atoms with Gasteiger partial charge in [0, 0.05) is 20.2 Å². The van der Waals surface area contributed by atoms with E-state index in [1.165, 1.54) is 0 Å². The van der Waals surface area contributed by atoms with Crippen molar-refractivity contribution in [1.29, 1.82) is 0 Å². The molecule has 0 saturated carbocycles. The minimum Gasteiger partial charge on any atom is -0.394 e. The molecule has 0 saturated heterocycles. The highest BCUT2D eigenvalue weighted by molar-refractivity contribution is 4.56. The lowest BCUT2D eigenvalue weighted by molar-refractivity contribution is 0.0432. The van der Waals surface area contributed by atoms with Gasteiger partial charge in [0.05, 0.1) is 39.6 Å². The Balaban J connectivity index is 3.45. The van der Waals surface area contributed by atoms with Crippen LogP contribution in [0.1, 0.15) is 13.3 Å². The lowest BCUT2D eigenvalue weighted by atomic mass is 10.4. The Morgan fingerprint density at radius 1 is 0.882 bits per heavy atom. The average Bonchev–Trinajstić information content (AvgIpc) is 2.34. The summed E-state index contributed by atoms with van der Waals surface area (Å²) in [6.45, 7) is 8.22. The second-order valence-corrected chi connectivity index (χ2v) is 3.78. The maximum Gasteiger partial charge on any atom is 0.0700 e. The summed E-state index contributed by atoms with van der Waals surface area (Å²) >= 11 is 0. The van der Waals surface area contributed by atoms with E-state index in [2.05, 4.69) is 11.8 Å². The van der Waals surface area contributed by atoms with Gasteiger partial charge in [0.25, 0.3) is 0 Å². The van der Waals surface area contributed by atoms with Gasteiger partial charge in [-0.15, -0.1) is 0 Å². The summed E-state index contributed by atoms with van der Waals surface area (Å²) in [4.78, 5) is 2.31. The molecule has 17 heavy (non-hydrogen) atoms. The fourth-order valence-electron chi connectivity index (χ4n) is 1.45. The highest BCUT2D eigenvalue weighted by atomic mass is 16.5. The Morgan fingerprint density at radius 2 is 1.53 bits per heavy atom. The molecule has 0 aliphatic heterocycles. The number of methoxy groups -OCH3 is 1. The van der Waals surface area contributed by atoms with Crippen LogP contribution in [0.15, 0.2) is 0 Å². The summed E-state index contributed by atoms with van der Waals surface area (Å²) in [7, 11) is 1.67. The first kappa shape index (κ1) is 16.8. The van der Waals surface area contributed by atoms with Gasteiger partial charge in [0.2, 0.25) is 0 Å². The van der Waals surface area contributed by atoms with E-state index in [0.29, 0.717) is 26.4 Å². The van der Waals surface area contributed by atoms with E-state index < -0.39 is 0 Å². The summed E-state index contributed by atoms with van der Waals surface area (Å²) < 4.78 is 15.6. The molecule has 0 radical (unpaired) electrons. The lowest BCUT2D eigenvalue weighted by Gasteiger charge is -2.21. The van der Waals surface area contributed by atoms with E-state index in [-0.39, 0.29) is 6.61 Å². The van der Waals surface area contributed by atoms with Crippen LogP contribution in [0, 0.1) is 0 Å². The van der Waals surface area contributed by atoms with Crippen molar-refractivity contribution < 1.29 is 19.3 Å². The predicted octanol–water partition coefficient (Wildman–Crippen LogP) is 0.370. The predicted molar refractivity (Wildman–Crippen MR) is 67.3 cm³/mol. The molecule has 5 nitrogen and oxygen atoms in total. The SMILES string of the molecule is CCCN(CCOCCO)CCOCCOC. The Kier molecular flexibility index (Phi) is 13.7. The molecule has 0 unspecified atom stereocenters. The number of aliphatic hydroxyl groups excluding tert-OH is 1. The van der Waals surface area contributed by atoms with Crippen LogP contribution < -0.4 is 0 Å². The van der Waals surface area contributed by atoms with Crippen LogP contribution in [-0.2, 0) is 14.2 Å². The van der Waals surface area contributed by atoms with Crippen molar-refractivity contribution in [1.82, 2.24) is 4.90 Å². The zero-order chi connectivity index (χ0) is 12.8. The van der Waals surface area contributed by atoms with Crippen LogP contribution in [0.5, 0.6) is 0 Å². The van der Waals surface area contributed by atoms with Gasteiger partial charge in [-0.1, -0.05) is 6.92 Å². The monoisotopic (exact) mass is 249 g/mol. The molecule has 0 aliphatic carbocycles. The average molecular weight is 249 g/mol. The fraction of sp³-hybridized carbons (Fsp3) is 1.00. The highest BCUT2D eigenvalue weighted by Gasteiger charge is 2.03. The number of rotatable bonds is 13. The van der Waals surface area contributed by atoms with Gasteiger partial charge in [-0.05, 0) is 13.0 Å². The van der Waals surface area contributed by atoms with Gasteiger partial charge >= 0.3 is 0 Å². The second-order valence-electron chi connectivity index (χ2n) is 3.78. The molecule has 5 heteroatoms. The zero-order valence-corrected chi connectivity index (χ0v) is 11.2. The van der Waals surface area contributed by atoms with Crippen molar-refractivity contribution in [3.05, 3.63) is 0 Å². The second kappa shape index (κ2) is 13.9. The van der Waals surface area contributed by atoms with E-state index in [4.69, 9.17) is 19.3 Å². The third-order valence-electron chi connectivity index (χ3n) is 2.31. The fourth-order valence-corrected chi connectivity index (χ4v) is 1.45. The van der Waals surface area contributed by atoms with Crippen LogP contribution in [0.3, 0.4) is 0 Å². The molecule has 104 valence electrons. The molecule has 0 aromatic rings. The first-order valence-electron chi connectivity index (χ1n) is 6.32. The van der Waals surface area contributed by atoms with Crippen molar-refractivity contribution in [3.8, 4) is 0 Å². The molecule has 0 atom stereocenters. The Bertz CT molecular complexity index is 146. The smallest absolute Gasteiger partial charge is 0.0700 e. The molecule has 0 fully saturated rings. The summed E-state index contributed by atoms with van der Waals surface area (Å²) in [6, 6.07) is 0. The molecule has 0 bridgehead atoms. The molecular formula is C12H27NO4. The van der Waals surface area contributed by atoms with E-state index >= 15 is 0 Å². The molecule has 0 aliphatic rings. The third kappa shape index (κ3) is 12.1. The van der Waals surface area contributed by atoms with Crippen LogP contribution in [0.4, 0.5) is 0 Å². The summed E-state index contributed by atoms with van der Waals surface area (Å²) in [5, 5.41) is 8.59. The number of hydrogen-bond donors (Lipinski definition) is 1. The topological polar surface area (TPSA) is 51.2 Å². The van der Waals surface area contributed by atoms with E-state index in [9.17, 15) is 0 Å². The van der Waals surface area contributed by atoms with E-state index in [0.717, 1.165) is 32.7 Å². The summed E-state index contributed by atoms with van der Waals surface area (Å²) in [6.07, 6.45) is 1.12. The quantitative estimate of drug-likeness (QED) is 0.478. The first-order chi connectivity index (χ1) is 8.35. The van der Waals surface area contributed by atoms with Crippen LogP contribution >= 0.6 is 0 Å². The number of hydrogen-bond acceptors (Lipinski definition) is 5. The van der Waals surface area contributed by atoms with Gasteiger partial charge in [-0.2, -0.15) is 0 Å². The molecule has 1 N–H and O–H groups in total. The maximum absolute atomic E-state index is 8.59. The summed E-state index contributed by atoms with van der Waals surface area (Å²) in [5.41, 5.74) is 0. The minimum absolute atomic E-state index is 0.0912. The van der Waals surface area contributed by atoms with Gasteiger partial charge in [0.1, 0.15) is 0 Å². The van der Waals surface area contributed by atoms with Crippen molar-refractivity contribution >= 4 is 0 Å². The molecular weight excluding hydrogens is 222 g/mol. The molecule has 0 rings (SSSR count). The van der Waals surface area contributed by atoms with Crippen molar-refractivity contribution in [2.45, 2.75) is 13.3 Å². The maximum atomic E-state index is 8.59.